The van der Waals surface area contributed by atoms with Crippen molar-refractivity contribution >= 4 is 70.0 Å². The first-order valence-electron chi connectivity index (χ1n) is 10.4. The van der Waals surface area contributed by atoms with E-state index in [1.807, 2.05) is 0 Å². The number of hydrogen-bond donors (Lipinski definition) is 4. The normalized spacial score (nSPS) is 12.1. The predicted octanol–water partition coefficient (Wildman–Crippen LogP) is 3.61. The molecule has 4 amide bonds. The van der Waals surface area contributed by atoms with Crippen LogP contribution < -0.4 is 31.2 Å². The fourth-order valence-corrected chi connectivity index (χ4v) is 3.35. The van der Waals surface area contributed by atoms with Crippen molar-refractivity contribution in [3.63, 3.8) is 0 Å². The molecule has 2 unspecified atom stereocenters. The molecule has 0 aromatic heterocycles. The molecule has 0 fully saturated rings. The van der Waals surface area contributed by atoms with Crippen molar-refractivity contribution in [1.29, 1.82) is 0 Å². The van der Waals surface area contributed by atoms with Gasteiger partial charge in [-0.25, -0.2) is 0 Å². The highest BCUT2D eigenvalue weighted by molar-refractivity contribution is 6.36. The number of carbonyl (C=O) groups excluding carboxylic acids is 4. The summed E-state index contributed by atoms with van der Waals surface area (Å²) >= 11 is 23.6. The summed E-state index contributed by atoms with van der Waals surface area (Å²) in [5.41, 5.74) is 8.70. The van der Waals surface area contributed by atoms with Gasteiger partial charge in [-0.05, 0) is 50.2 Å². The Labute approximate surface area is 226 Å². The molecule has 0 saturated heterocycles. The first kappa shape index (κ1) is 29.3. The first-order valence-corrected chi connectivity index (χ1v) is 11.9. The van der Waals surface area contributed by atoms with Crippen LogP contribution in [0.5, 0.6) is 11.5 Å². The molecule has 0 saturated carbocycles. The molecule has 14 heteroatoms. The van der Waals surface area contributed by atoms with Crippen molar-refractivity contribution in [1.82, 2.24) is 21.7 Å². The van der Waals surface area contributed by atoms with Gasteiger partial charge in [-0.15, -0.1) is 0 Å². The highest BCUT2D eigenvalue weighted by Crippen LogP contribution is 2.29. The zero-order valence-electron chi connectivity index (χ0n) is 19.0. The lowest BCUT2D eigenvalue weighted by Crippen LogP contribution is -2.48. The number of rotatable bonds is 9. The van der Waals surface area contributed by atoms with Crippen LogP contribution in [0.25, 0.3) is 0 Å². The van der Waals surface area contributed by atoms with Crippen molar-refractivity contribution in [3.05, 3.63) is 56.5 Å². The molecule has 10 nitrogen and oxygen atoms in total. The average molecular weight is 580 g/mol. The summed E-state index contributed by atoms with van der Waals surface area (Å²) in [6.07, 6.45) is -2.52. The number of amides is 4. The lowest BCUT2D eigenvalue weighted by Gasteiger charge is -2.16. The van der Waals surface area contributed by atoms with E-state index in [-0.39, 0.29) is 34.4 Å². The van der Waals surface area contributed by atoms with Crippen molar-refractivity contribution in [2.45, 2.75) is 38.9 Å². The molecular weight excluding hydrogens is 558 g/mol. The Bertz CT molecular complexity index is 1050. The molecule has 36 heavy (non-hydrogen) atoms. The minimum atomic E-state index is -0.991. The van der Waals surface area contributed by atoms with Gasteiger partial charge in [0.2, 0.25) is 11.8 Å². The molecule has 0 radical (unpaired) electrons. The molecule has 0 aliphatic heterocycles. The van der Waals surface area contributed by atoms with E-state index in [0.717, 1.165) is 0 Å². The zero-order chi connectivity index (χ0) is 26.8. The van der Waals surface area contributed by atoms with Gasteiger partial charge in [-0.2, -0.15) is 0 Å². The molecule has 0 bridgehead atoms. The zero-order valence-corrected chi connectivity index (χ0v) is 22.0. The second-order valence-corrected chi connectivity index (χ2v) is 8.93. The van der Waals surface area contributed by atoms with E-state index in [1.54, 1.807) is 12.1 Å². The SMILES string of the molecule is CC(Oc1ccc(Cl)cc1Cl)C(=O)NNC(=O)CCC(=O)NNC(=O)C(C)Oc1ccc(Cl)cc1Cl. The maximum atomic E-state index is 12.1. The maximum absolute atomic E-state index is 12.1. The van der Waals surface area contributed by atoms with E-state index in [2.05, 4.69) is 21.7 Å². The molecule has 0 aliphatic carbocycles. The number of hydrazine groups is 2. The highest BCUT2D eigenvalue weighted by atomic mass is 35.5. The minimum Gasteiger partial charge on any atom is -0.479 e. The van der Waals surface area contributed by atoms with E-state index in [4.69, 9.17) is 55.9 Å². The standard InChI is InChI=1S/C22H22Cl4N4O6/c1-11(35-17-5-3-13(23)9-15(17)25)21(33)29-27-19(31)7-8-20(32)28-30-22(34)12(2)36-18-6-4-14(24)10-16(18)26/h3-6,9-12H,7-8H2,1-2H3,(H,27,31)(H,28,32)(H,29,33)(H,30,34). The van der Waals surface area contributed by atoms with Crippen molar-refractivity contribution in [3.8, 4) is 11.5 Å². The van der Waals surface area contributed by atoms with Crippen LogP contribution in [-0.2, 0) is 19.2 Å². The number of ether oxygens (including phenoxy) is 2. The van der Waals surface area contributed by atoms with Gasteiger partial charge in [0.25, 0.3) is 11.8 Å². The Balaban J connectivity index is 1.67. The van der Waals surface area contributed by atoms with E-state index >= 15 is 0 Å². The molecule has 4 N–H and O–H groups in total. The van der Waals surface area contributed by atoms with Gasteiger partial charge in [0, 0.05) is 22.9 Å². The summed E-state index contributed by atoms with van der Waals surface area (Å²) in [6, 6.07) is 9.02. The van der Waals surface area contributed by atoms with Gasteiger partial charge in [0.15, 0.2) is 12.2 Å². The van der Waals surface area contributed by atoms with Gasteiger partial charge < -0.3 is 9.47 Å². The number of benzene rings is 2. The number of nitrogens with one attached hydrogen (secondary N) is 4. The monoisotopic (exact) mass is 578 g/mol. The van der Waals surface area contributed by atoms with Crippen LogP contribution in [0.15, 0.2) is 36.4 Å². The lowest BCUT2D eigenvalue weighted by molar-refractivity contribution is -0.134. The van der Waals surface area contributed by atoms with Crippen molar-refractivity contribution in [2.24, 2.45) is 0 Å². The number of hydrogen-bond acceptors (Lipinski definition) is 6. The third-order valence-electron chi connectivity index (χ3n) is 4.36. The van der Waals surface area contributed by atoms with Crippen LogP contribution in [-0.4, -0.2) is 35.8 Å². The van der Waals surface area contributed by atoms with Gasteiger partial charge in [-0.3, -0.25) is 40.9 Å². The van der Waals surface area contributed by atoms with E-state index in [9.17, 15) is 19.2 Å². The van der Waals surface area contributed by atoms with Crippen LogP contribution in [0.4, 0.5) is 0 Å². The van der Waals surface area contributed by atoms with Gasteiger partial charge in [0.1, 0.15) is 11.5 Å². The Hall–Kier alpha value is -2.92. The second-order valence-electron chi connectivity index (χ2n) is 7.24. The Morgan fingerprint density at radius 1 is 0.667 bits per heavy atom. The third kappa shape index (κ3) is 9.62. The molecule has 2 aromatic carbocycles. The average Bonchev–Trinajstić information content (AvgIpc) is 2.82. The molecule has 0 heterocycles. The van der Waals surface area contributed by atoms with Crippen LogP contribution in [0.3, 0.4) is 0 Å². The summed E-state index contributed by atoms with van der Waals surface area (Å²) in [7, 11) is 0. The highest BCUT2D eigenvalue weighted by Gasteiger charge is 2.19. The fourth-order valence-electron chi connectivity index (χ4n) is 2.45. The van der Waals surface area contributed by atoms with Gasteiger partial charge >= 0.3 is 0 Å². The van der Waals surface area contributed by atoms with Crippen molar-refractivity contribution < 1.29 is 28.7 Å². The largest absolute Gasteiger partial charge is 0.479 e. The summed E-state index contributed by atoms with van der Waals surface area (Å²) < 4.78 is 10.9. The Morgan fingerprint density at radius 3 is 1.36 bits per heavy atom. The molecule has 2 rings (SSSR count). The molecule has 0 aliphatic rings. The van der Waals surface area contributed by atoms with Crippen LogP contribution >= 0.6 is 46.4 Å². The maximum Gasteiger partial charge on any atom is 0.279 e. The second kappa shape index (κ2) is 14.0. The summed E-state index contributed by atoms with van der Waals surface area (Å²) in [5, 5.41) is 1.26. The van der Waals surface area contributed by atoms with Gasteiger partial charge in [0.05, 0.1) is 10.0 Å². The molecule has 0 spiro atoms. The van der Waals surface area contributed by atoms with E-state index in [0.29, 0.717) is 10.0 Å². The van der Waals surface area contributed by atoms with E-state index in [1.165, 1.54) is 38.1 Å². The fraction of sp³-hybridized carbons (Fsp3) is 0.273. The first-order chi connectivity index (χ1) is 17.0. The van der Waals surface area contributed by atoms with Gasteiger partial charge in [-0.1, -0.05) is 46.4 Å². The molecular formula is C22H22Cl4N4O6. The summed E-state index contributed by atoms with van der Waals surface area (Å²) in [6.45, 7) is 2.91. The summed E-state index contributed by atoms with van der Waals surface area (Å²) in [5.74, 6) is -2.11. The topological polar surface area (TPSA) is 135 Å². The van der Waals surface area contributed by atoms with Crippen LogP contribution in [0, 0.1) is 0 Å². The molecule has 2 atom stereocenters. The van der Waals surface area contributed by atoms with Crippen molar-refractivity contribution in [2.75, 3.05) is 0 Å². The minimum absolute atomic E-state index is 0.221. The predicted molar refractivity (Wildman–Crippen MR) is 135 cm³/mol. The molecule has 194 valence electrons. The number of carbonyl (C=O) groups is 4. The van der Waals surface area contributed by atoms with Crippen LogP contribution in [0.2, 0.25) is 20.1 Å². The Kier molecular flexibility index (Phi) is 11.4. The van der Waals surface area contributed by atoms with Crippen LogP contribution in [0.1, 0.15) is 26.7 Å². The quantitative estimate of drug-likeness (QED) is 0.335. The number of halogens is 4. The summed E-state index contributed by atoms with van der Waals surface area (Å²) in [4.78, 5) is 48.0. The molecule has 2 aromatic rings. The smallest absolute Gasteiger partial charge is 0.279 e. The lowest BCUT2D eigenvalue weighted by atomic mass is 10.3. The third-order valence-corrected chi connectivity index (χ3v) is 5.42. The van der Waals surface area contributed by atoms with E-state index < -0.39 is 35.8 Å². The Morgan fingerprint density at radius 2 is 1.03 bits per heavy atom.